The summed E-state index contributed by atoms with van der Waals surface area (Å²) in [6.45, 7) is 3.55. The Balaban J connectivity index is 2.15. The highest BCUT2D eigenvalue weighted by Gasteiger charge is 2.36. The molecular formula is C51H90NO9P. The Morgan fingerprint density at radius 1 is 0.581 bits per heavy atom. The maximum absolute atomic E-state index is 12.6. The predicted octanol–water partition coefficient (Wildman–Crippen LogP) is 13.8. The maximum atomic E-state index is 12.6. The molecule has 62 heavy (non-hydrogen) atoms. The third kappa shape index (κ3) is 39.3. The summed E-state index contributed by atoms with van der Waals surface area (Å²) in [5.74, 6) is -0.926. The third-order valence-corrected chi connectivity index (χ3v) is 11.8. The van der Waals surface area contributed by atoms with Crippen LogP contribution in [0.15, 0.2) is 60.8 Å². The van der Waals surface area contributed by atoms with E-state index in [0.29, 0.717) is 25.0 Å². The fraction of sp³-hybridized carbons (Fsp3) is 0.765. The van der Waals surface area contributed by atoms with Crippen LogP contribution in [0.3, 0.4) is 0 Å². The Hall–Kier alpha value is -2.33. The molecule has 4 atom stereocenters. The van der Waals surface area contributed by atoms with E-state index in [1.807, 2.05) is 12.2 Å². The quantitative estimate of drug-likeness (QED) is 0.0199. The van der Waals surface area contributed by atoms with Crippen LogP contribution in [0.25, 0.3) is 0 Å². The molecule has 0 aliphatic carbocycles. The van der Waals surface area contributed by atoms with Gasteiger partial charge < -0.3 is 24.8 Å². The number of hydrogen-bond donors (Lipinski definition) is 2. The first kappa shape index (κ1) is 57.7. The smallest absolute Gasteiger partial charge is 0.462 e. The van der Waals surface area contributed by atoms with E-state index in [0.717, 1.165) is 57.8 Å². The van der Waals surface area contributed by atoms with Gasteiger partial charge >= 0.3 is 19.8 Å². The van der Waals surface area contributed by atoms with Crippen molar-refractivity contribution in [1.29, 1.82) is 0 Å². The molecule has 0 radical (unpaired) electrons. The number of ether oxygens (including phenoxy) is 3. The second-order valence-electron chi connectivity index (χ2n) is 16.7. The van der Waals surface area contributed by atoms with Crippen molar-refractivity contribution in [3.8, 4) is 0 Å². The molecule has 1 aliphatic rings. The molecule has 10 nitrogen and oxygen atoms in total. The minimum atomic E-state index is -4.40. The Morgan fingerprint density at radius 3 is 1.52 bits per heavy atom. The van der Waals surface area contributed by atoms with Gasteiger partial charge in [0.2, 0.25) is 0 Å². The van der Waals surface area contributed by atoms with Gasteiger partial charge in [0.15, 0.2) is 6.10 Å². The van der Waals surface area contributed by atoms with Crippen LogP contribution in [0.4, 0.5) is 0 Å². The van der Waals surface area contributed by atoms with Crippen molar-refractivity contribution in [2.45, 2.75) is 225 Å². The van der Waals surface area contributed by atoms with Crippen LogP contribution in [0, 0.1) is 0 Å². The van der Waals surface area contributed by atoms with Gasteiger partial charge in [-0.2, -0.15) is 0 Å². The molecule has 0 spiro atoms. The zero-order chi connectivity index (χ0) is 45.0. The number of hydrogen-bond acceptors (Lipinski definition) is 9. The van der Waals surface area contributed by atoms with Gasteiger partial charge in [0.1, 0.15) is 6.61 Å². The molecule has 3 unspecified atom stereocenters. The van der Waals surface area contributed by atoms with Crippen LogP contribution in [0.1, 0.15) is 206 Å². The number of rotatable bonds is 45. The highest BCUT2D eigenvalue weighted by atomic mass is 31.2. The molecule has 1 aliphatic heterocycles. The monoisotopic (exact) mass is 892 g/mol. The van der Waals surface area contributed by atoms with Crippen LogP contribution < -0.4 is 5.73 Å². The largest absolute Gasteiger partial charge is 0.472 e. The van der Waals surface area contributed by atoms with E-state index in [1.165, 1.54) is 109 Å². The highest BCUT2D eigenvalue weighted by molar-refractivity contribution is 7.47. The normalized spacial score (nSPS) is 17.0. The number of phosphoric acid groups is 1. The van der Waals surface area contributed by atoms with Gasteiger partial charge in [-0.1, -0.05) is 203 Å². The molecule has 11 heteroatoms. The second-order valence-corrected chi connectivity index (χ2v) is 18.2. The van der Waals surface area contributed by atoms with E-state index in [4.69, 9.17) is 29.0 Å². The van der Waals surface area contributed by atoms with Crippen molar-refractivity contribution in [2.75, 3.05) is 26.4 Å². The Bertz CT molecular complexity index is 1270. The predicted molar refractivity (Wildman–Crippen MR) is 256 cm³/mol. The summed E-state index contributed by atoms with van der Waals surface area (Å²) in [6.07, 6.45) is 54.6. The maximum Gasteiger partial charge on any atom is 0.472 e. The number of nitrogens with two attached hydrogens (primary N) is 1. The van der Waals surface area contributed by atoms with E-state index in [2.05, 4.69) is 62.5 Å². The Kier molecular flexibility index (Phi) is 39.6. The van der Waals surface area contributed by atoms with Crippen LogP contribution in [-0.2, 0) is 37.4 Å². The summed E-state index contributed by atoms with van der Waals surface area (Å²) >= 11 is 0. The fourth-order valence-corrected chi connectivity index (χ4v) is 7.82. The molecule has 0 aromatic rings. The lowest BCUT2D eigenvalue weighted by Crippen LogP contribution is -2.29. The molecular weight excluding hydrogens is 802 g/mol. The van der Waals surface area contributed by atoms with Crippen LogP contribution in [-0.4, -0.2) is 61.5 Å². The zero-order valence-electron chi connectivity index (χ0n) is 39.3. The first-order valence-electron chi connectivity index (χ1n) is 24.9. The van der Waals surface area contributed by atoms with Crippen molar-refractivity contribution in [3.63, 3.8) is 0 Å². The van der Waals surface area contributed by atoms with E-state index < -0.39 is 32.5 Å². The first-order valence-corrected chi connectivity index (χ1v) is 26.4. The molecule has 3 N–H and O–H groups in total. The summed E-state index contributed by atoms with van der Waals surface area (Å²) in [5, 5.41) is 0. The third-order valence-electron chi connectivity index (χ3n) is 10.8. The van der Waals surface area contributed by atoms with Crippen molar-refractivity contribution < 1.29 is 42.3 Å². The standard InChI is InChI=1S/C51H90NO9P/c1-3-5-7-8-9-10-11-12-13-14-15-16-17-18-19-20-25-28-31-34-38-42-51(54)60-47(46-59-62(55,56)58-44-43-52)45-57-50(53)41-37-33-30-27-24-22-21-23-26-29-32-36-40-49-48(61-49)39-35-6-4-2/h6,22-24,26,30,32-33,35-36,47-49H,3-5,7-21,25,27-29,31,34,37-46,52H2,1-2H3,(H,55,56)/b24-22-,26-23-,33-30-,35-6-,36-32-/t47-,48?,49?/m1/s1. The number of epoxide rings is 1. The molecule has 1 rings (SSSR count). The minimum Gasteiger partial charge on any atom is -0.462 e. The number of esters is 2. The van der Waals surface area contributed by atoms with E-state index >= 15 is 0 Å². The number of unbranched alkanes of at least 4 members (excludes halogenated alkanes) is 20. The molecule has 0 aromatic heterocycles. The summed E-state index contributed by atoms with van der Waals surface area (Å²) in [5.41, 5.74) is 5.36. The lowest BCUT2D eigenvalue weighted by Gasteiger charge is -2.19. The second kappa shape index (κ2) is 42.6. The highest BCUT2D eigenvalue weighted by Crippen LogP contribution is 2.43. The van der Waals surface area contributed by atoms with Gasteiger partial charge in [-0.25, -0.2) is 4.57 Å². The summed E-state index contributed by atoms with van der Waals surface area (Å²) in [6, 6.07) is 0. The van der Waals surface area contributed by atoms with Gasteiger partial charge in [0.25, 0.3) is 0 Å². The van der Waals surface area contributed by atoms with E-state index in [9.17, 15) is 19.0 Å². The summed E-state index contributed by atoms with van der Waals surface area (Å²) < 4.78 is 38.5. The van der Waals surface area contributed by atoms with Gasteiger partial charge in [-0.05, 0) is 51.4 Å². The molecule has 358 valence electrons. The average molecular weight is 892 g/mol. The molecule has 1 saturated heterocycles. The fourth-order valence-electron chi connectivity index (χ4n) is 7.06. The van der Waals surface area contributed by atoms with Crippen LogP contribution >= 0.6 is 7.82 Å². The minimum absolute atomic E-state index is 0.0410. The van der Waals surface area contributed by atoms with Gasteiger partial charge in [-0.15, -0.1) is 0 Å². The Labute approximate surface area is 378 Å². The number of carbonyl (C=O) groups excluding carboxylic acids is 2. The number of allylic oxidation sites excluding steroid dienone is 8. The van der Waals surface area contributed by atoms with Crippen molar-refractivity contribution in [3.05, 3.63) is 60.8 Å². The molecule has 1 heterocycles. The number of phosphoric ester groups is 1. The molecule has 0 aromatic carbocycles. The van der Waals surface area contributed by atoms with Crippen molar-refractivity contribution in [1.82, 2.24) is 0 Å². The molecule has 1 fully saturated rings. The topological polar surface area (TPSA) is 147 Å². The van der Waals surface area contributed by atoms with Crippen molar-refractivity contribution >= 4 is 19.8 Å². The molecule has 0 amide bonds. The molecule has 0 bridgehead atoms. The van der Waals surface area contributed by atoms with E-state index in [1.54, 1.807) is 0 Å². The van der Waals surface area contributed by atoms with Crippen LogP contribution in [0.2, 0.25) is 0 Å². The van der Waals surface area contributed by atoms with Gasteiger partial charge in [0, 0.05) is 19.4 Å². The average Bonchev–Trinajstić information content (AvgIpc) is 4.02. The van der Waals surface area contributed by atoms with Gasteiger partial charge in [0.05, 0.1) is 25.4 Å². The van der Waals surface area contributed by atoms with Gasteiger partial charge in [-0.3, -0.25) is 18.6 Å². The summed E-state index contributed by atoms with van der Waals surface area (Å²) in [4.78, 5) is 35.0. The van der Waals surface area contributed by atoms with E-state index in [-0.39, 0.29) is 32.6 Å². The van der Waals surface area contributed by atoms with Crippen molar-refractivity contribution in [2.24, 2.45) is 5.73 Å². The lowest BCUT2D eigenvalue weighted by molar-refractivity contribution is -0.161. The lowest BCUT2D eigenvalue weighted by atomic mass is 10.0. The first-order chi connectivity index (χ1) is 30.3. The summed E-state index contributed by atoms with van der Waals surface area (Å²) in [7, 11) is -4.40. The SMILES string of the molecule is CC/C=C\CC1OC1C/C=C\C/C=C\C/C=C\C/C=C\CCC(=O)OC[C@H](COP(=O)(O)OCCN)OC(=O)CCCCCCCCCCCCCCCCCCCCCCC. The number of carbonyl (C=O) groups is 2. The van der Waals surface area contributed by atoms with Crippen LogP contribution in [0.5, 0.6) is 0 Å². The molecule has 0 saturated carbocycles. The zero-order valence-corrected chi connectivity index (χ0v) is 40.2. The Morgan fingerprint density at radius 2 is 1.03 bits per heavy atom.